The number of carbonyl (C=O) groups is 2. The lowest BCUT2D eigenvalue weighted by Gasteiger charge is -2.37. The number of ether oxygens (including phenoxy) is 2. The van der Waals surface area contributed by atoms with Gasteiger partial charge < -0.3 is 13.9 Å². The largest absolute Gasteiger partial charge is 0.497 e. The van der Waals surface area contributed by atoms with Gasteiger partial charge in [-0.05, 0) is 62.9 Å². The molecule has 0 unspecified atom stereocenters. The Bertz CT molecular complexity index is 1480. The number of anilines is 1. The average molecular weight is 491 g/mol. The summed E-state index contributed by atoms with van der Waals surface area (Å²) in [5.41, 5.74) is 2.04. The van der Waals surface area contributed by atoms with Crippen molar-refractivity contribution in [1.29, 1.82) is 0 Å². The van der Waals surface area contributed by atoms with E-state index in [1.165, 1.54) is 24.2 Å². The van der Waals surface area contributed by atoms with E-state index in [9.17, 15) is 9.59 Å². The van der Waals surface area contributed by atoms with Crippen LogP contribution in [-0.4, -0.2) is 29.4 Å². The molecule has 8 heteroatoms. The molecule has 0 radical (unpaired) electrons. The van der Waals surface area contributed by atoms with Crippen LogP contribution in [0, 0.1) is 6.92 Å². The molecule has 7 nitrogen and oxygen atoms in total. The second-order valence-corrected chi connectivity index (χ2v) is 10.5. The molecule has 0 bridgehead atoms. The van der Waals surface area contributed by atoms with Gasteiger partial charge in [-0.2, -0.15) is 0 Å². The summed E-state index contributed by atoms with van der Waals surface area (Å²) in [6.45, 7) is 1.81. The van der Waals surface area contributed by atoms with Gasteiger partial charge in [0.15, 0.2) is 16.7 Å². The van der Waals surface area contributed by atoms with Crippen LogP contribution in [0.1, 0.15) is 71.4 Å². The quantitative estimate of drug-likeness (QED) is 0.345. The molecule has 1 fully saturated rings. The first kappa shape index (κ1) is 22.1. The van der Waals surface area contributed by atoms with Crippen molar-refractivity contribution < 1.29 is 23.5 Å². The molecule has 3 heterocycles. The van der Waals surface area contributed by atoms with Crippen LogP contribution >= 0.6 is 11.3 Å². The Morgan fingerprint density at radius 2 is 1.94 bits per heavy atom. The zero-order valence-electron chi connectivity index (χ0n) is 19.7. The van der Waals surface area contributed by atoms with Crippen LogP contribution in [0.5, 0.6) is 11.5 Å². The highest BCUT2D eigenvalue weighted by atomic mass is 32.1. The lowest BCUT2D eigenvalue weighted by Crippen LogP contribution is -2.41. The summed E-state index contributed by atoms with van der Waals surface area (Å²) >= 11 is 1.36. The van der Waals surface area contributed by atoms with E-state index in [0.29, 0.717) is 39.4 Å². The maximum Gasteiger partial charge on any atom is 0.293 e. The molecule has 1 aliphatic carbocycles. The van der Waals surface area contributed by atoms with E-state index >= 15 is 0 Å². The van der Waals surface area contributed by atoms with Crippen LogP contribution in [-0.2, 0) is 0 Å². The Labute approximate surface area is 206 Å². The number of rotatable bonds is 3. The zero-order valence-corrected chi connectivity index (χ0v) is 20.5. The van der Waals surface area contributed by atoms with E-state index in [1.54, 1.807) is 13.2 Å². The summed E-state index contributed by atoms with van der Waals surface area (Å²) in [7, 11) is 1.61. The number of aromatic nitrogens is 1. The molecule has 0 saturated heterocycles. The molecule has 6 rings (SSSR count). The fourth-order valence-corrected chi connectivity index (χ4v) is 6.33. The van der Waals surface area contributed by atoms with Gasteiger partial charge in [0.25, 0.3) is 5.91 Å². The van der Waals surface area contributed by atoms with Gasteiger partial charge in [-0.15, -0.1) is 0 Å². The molecule has 1 saturated carbocycles. The van der Waals surface area contributed by atoms with Crippen molar-refractivity contribution in [2.45, 2.75) is 57.5 Å². The second kappa shape index (κ2) is 8.37. The van der Waals surface area contributed by atoms with Crippen molar-refractivity contribution in [1.82, 2.24) is 4.98 Å². The summed E-state index contributed by atoms with van der Waals surface area (Å²) in [6, 6.07) is 9.18. The van der Waals surface area contributed by atoms with Crippen molar-refractivity contribution in [3.63, 3.8) is 0 Å². The van der Waals surface area contributed by atoms with E-state index < -0.39 is 11.5 Å². The molecule has 1 aliphatic heterocycles. The van der Waals surface area contributed by atoms with Gasteiger partial charge in [0.1, 0.15) is 22.7 Å². The Kier molecular flexibility index (Phi) is 5.29. The van der Waals surface area contributed by atoms with Crippen LogP contribution in [0.25, 0.3) is 21.2 Å². The summed E-state index contributed by atoms with van der Waals surface area (Å²) < 4.78 is 18.6. The smallest absolute Gasteiger partial charge is 0.293 e. The van der Waals surface area contributed by atoms with Gasteiger partial charge in [-0.1, -0.05) is 24.2 Å². The predicted octanol–water partition coefficient (Wildman–Crippen LogP) is 6.67. The van der Waals surface area contributed by atoms with Crippen LogP contribution in [0.3, 0.4) is 0 Å². The Morgan fingerprint density at radius 1 is 1.14 bits per heavy atom. The minimum atomic E-state index is -0.401. The fourth-order valence-electron chi connectivity index (χ4n) is 5.44. The topological polar surface area (TPSA) is 90.7 Å². The Morgan fingerprint density at radius 3 is 2.71 bits per heavy atom. The number of benzene rings is 2. The Balaban J connectivity index is 1.33. The number of ketones is 1. The summed E-state index contributed by atoms with van der Waals surface area (Å²) in [5.74, 6) is 1.17. The highest BCUT2D eigenvalue weighted by molar-refractivity contribution is 7.22. The maximum atomic E-state index is 13.4. The Hall–Kier alpha value is -3.39. The number of methoxy groups -OCH3 is 1. The summed E-state index contributed by atoms with van der Waals surface area (Å²) in [6.07, 6.45) is 6.72. The molecule has 1 N–H and O–H groups in total. The third kappa shape index (κ3) is 3.76. The minimum Gasteiger partial charge on any atom is -0.497 e. The number of nitrogens with zero attached hydrogens (tertiary/aromatic N) is 1. The average Bonchev–Trinajstić information content (AvgIpc) is 3.32. The van der Waals surface area contributed by atoms with Gasteiger partial charge in [-0.25, -0.2) is 4.98 Å². The first-order chi connectivity index (χ1) is 17.0. The SMILES string of the molecule is COc1ccc2nc(NC(=O)c3oc4ccc5c(c4c3C)C(=O)CC3(CCCCCC3)O5)sc2c1. The number of hydrogen-bond donors (Lipinski definition) is 1. The van der Waals surface area contributed by atoms with E-state index in [0.717, 1.165) is 41.6 Å². The predicted molar refractivity (Wildman–Crippen MR) is 135 cm³/mol. The van der Waals surface area contributed by atoms with Crippen LogP contribution in [0.2, 0.25) is 0 Å². The minimum absolute atomic E-state index is 0.0646. The van der Waals surface area contributed by atoms with Gasteiger partial charge in [0, 0.05) is 10.9 Å². The van der Waals surface area contributed by atoms with Crippen molar-refractivity contribution in [3.05, 3.63) is 47.2 Å². The monoisotopic (exact) mass is 490 g/mol. The highest BCUT2D eigenvalue weighted by Gasteiger charge is 2.42. The van der Waals surface area contributed by atoms with Gasteiger partial charge in [0.05, 0.1) is 29.3 Å². The fraction of sp³-hybridized carbons (Fsp3) is 0.370. The van der Waals surface area contributed by atoms with Gasteiger partial charge in [-0.3, -0.25) is 14.9 Å². The molecule has 4 aromatic rings. The number of hydrogen-bond acceptors (Lipinski definition) is 7. The molecule has 2 aromatic heterocycles. The molecule has 180 valence electrons. The van der Waals surface area contributed by atoms with E-state index in [4.69, 9.17) is 13.9 Å². The van der Waals surface area contributed by atoms with Crippen molar-refractivity contribution in [2.24, 2.45) is 0 Å². The van der Waals surface area contributed by atoms with Crippen molar-refractivity contribution >= 4 is 49.3 Å². The molecule has 1 amide bonds. The summed E-state index contributed by atoms with van der Waals surface area (Å²) in [4.78, 5) is 31.1. The second-order valence-electron chi connectivity index (χ2n) is 9.47. The molecule has 2 aliphatic rings. The lowest BCUT2D eigenvalue weighted by molar-refractivity contribution is 0.0301. The first-order valence-electron chi connectivity index (χ1n) is 12.0. The number of Topliss-reactive ketones (excluding diaryl/α,β-unsaturated/α-hetero) is 1. The van der Waals surface area contributed by atoms with Crippen molar-refractivity contribution in [3.8, 4) is 11.5 Å². The van der Waals surface area contributed by atoms with E-state index in [2.05, 4.69) is 10.3 Å². The number of amides is 1. The van der Waals surface area contributed by atoms with Crippen LogP contribution < -0.4 is 14.8 Å². The highest BCUT2D eigenvalue weighted by Crippen LogP contribution is 2.45. The number of aryl methyl sites for hydroxylation is 1. The third-order valence-electron chi connectivity index (χ3n) is 7.18. The molecular weight excluding hydrogens is 464 g/mol. The normalized spacial score (nSPS) is 17.3. The number of carbonyl (C=O) groups excluding carboxylic acids is 2. The molecular formula is C27H26N2O5S. The molecule has 0 atom stereocenters. The van der Waals surface area contributed by atoms with E-state index in [-0.39, 0.29) is 11.5 Å². The molecule has 2 aromatic carbocycles. The van der Waals surface area contributed by atoms with Crippen molar-refractivity contribution in [2.75, 3.05) is 12.4 Å². The van der Waals surface area contributed by atoms with Gasteiger partial charge in [0.2, 0.25) is 0 Å². The maximum absolute atomic E-state index is 13.4. The summed E-state index contributed by atoms with van der Waals surface area (Å²) in [5, 5.41) is 3.98. The lowest BCUT2D eigenvalue weighted by atomic mass is 9.83. The van der Waals surface area contributed by atoms with Gasteiger partial charge >= 0.3 is 0 Å². The first-order valence-corrected chi connectivity index (χ1v) is 12.8. The molecule has 1 spiro atoms. The number of furan rings is 1. The van der Waals surface area contributed by atoms with Crippen LogP contribution in [0.15, 0.2) is 34.7 Å². The number of nitrogens with one attached hydrogen (secondary N) is 1. The third-order valence-corrected chi connectivity index (χ3v) is 8.12. The molecule has 35 heavy (non-hydrogen) atoms. The zero-order chi connectivity index (χ0) is 24.2. The van der Waals surface area contributed by atoms with Crippen LogP contribution in [0.4, 0.5) is 5.13 Å². The standard InChI is InChI=1S/C27H26N2O5S/c1-15-22-19(9-10-20-23(22)18(30)14-27(34-20)11-5-3-4-6-12-27)33-24(15)25(31)29-26-28-17-8-7-16(32-2)13-21(17)35-26/h7-10,13H,3-6,11-12,14H2,1-2H3,(H,28,29,31). The number of fused-ring (bicyclic) bond motifs is 4. The number of thiazole rings is 1. The van der Waals surface area contributed by atoms with E-state index in [1.807, 2.05) is 31.2 Å².